The first-order valence-corrected chi connectivity index (χ1v) is 8.95. The molecule has 1 aliphatic heterocycles. The number of halogens is 1. The van der Waals surface area contributed by atoms with Crippen molar-refractivity contribution in [2.45, 2.75) is 38.7 Å². The lowest BCUT2D eigenvalue weighted by Crippen LogP contribution is -2.44. The van der Waals surface area contributed by atoms with E-state index in [-0.39, 0.29) is 18.0 Å². The van der Waals surface area contributed by atoms with Gasteiger partial charge >= 0.3 is 6.01 Å². The van der Waals surface area contributed by atoms with E-state index < -0.39 is 5.82 Å². The lowest BCUT2D eigenvalue weighted by Gasteiger charge is -2.32. The average molecular weight is 349 g/mol. The van der Waals surface area contributed by atoms with E-state index in [2.05, 4.69) is 28.3 Å². The molecule has 0 saturated carbocycles. The molecule has 5 nitrogen and oxygen atoms in total. The van der Waals surface area contributed by atoms with E-state index in [1.54, 1.807) is 11.3 Å². The number of likely N-dealkylation sites (tertiary alicyclic amines) is 1. The maximum absolute atomic E-state index is 12.8. The Labute approximate surface area is 144 Å². The minimum absolute atomic E-state index is 0.142. The van der Waals surface area contributed by atoms with Gasteiger partial charge in [0.05, 0.1) is 18.9 Å². The Morgan fingerprint density at radius 1 is 1.46 bits per heavy atom. The molecule has 24 heavy (non-hydrogen) atoms. The Balaban J connectivity index is 1.51. The molecule has 1 unspecified atom stereocenters. The average Bonchev–Trinajstić information content (AvgIpc) is 3.00. The second-order valence-electron chi connectivity index (χ2n) is 5.93. The molecule has 0 N–H and O–H groups in total. The Morgan fingerprint density at radius 2 is 2.25 bits per heavy atom. The lowest BCUT2D eigenvalue weighted by atomic mass is 10.1. The summed E-state index contributed by atoms with van der Waals surface area (Å²) in [4.78, 5) is 23.2. The number of nitrogens with zero attached hydrogens (tertiary/aromatic N) is 3. The van der Waals surface area contributed by atoms with E-state index in [0.717, 1.165) is 38.2 Å². The summed E-state index contributed by atoms with van der Waals surface area (Å²) in [5.41, 5.74) is 1.25. The van der Waals surface area contributed by atoms with Crippen LogP contribution < -0.4 is 4.74 Å². The molecule has 2 aromatic rings. The number of carbonyl (C=O) groups excluding carboxylic acids is 1. The first-order chi connectivity index (χ1) is 11.6. The van der Waals surface area contributed by atoms with Crippen LogP contribution >= 0.6 is 11.3 Å². The zero-order valence-electron chi connectivity index (χ0n) is 13.6. The van der Waals surface area contributed by atoms with Crippen LogP contribution in [0.3, 0.4) is 0 Å². The fourth-order valence-corrected chi connectivity index (χ4v) is 3.72. The van der Waals surface area contributed by atoms with Crippen molar-refractivity contribution in [1.29, 1.82) is 0 Å². The van der Waals surface area contributed by atoms with E-state index in [1.807, 2.05) is 4.90 Å². The predicted octanol–water partition coefficient (Wildman–Crippen LogP) is 2.99. The van der Waals surface area contributed by atoms with Gasteiger partial charge in [-0.1, -0.05) is 0 Å². The van der Waals surface area contributed by atoms with Crippen LogP contribution in [0, 0.1) is 12.7 Å². The second-order valence-corrected chi connectivity index (χ2v) is 6.93. The minimum Gasteiger partial charge on any atom is -0.458 e. The van der Waals surface area contributed by atoms with Gasteiger partial charge in [0.1, 0.15) is 6.10 Å². The van der Waals surface area contributed by atoms with Gasteiger partial charge in [0, 0.05) is 17.8 Å². The highest BCUT2D eigenvalue weighted by atomic mass is 32.1. The Hall–Kier alpha value is -2.02. The highest BCUT2D eigenvalue weighted by Crippen LogP contribution is 2.20. The number of hydrogen-bond acceptors (Lipinski definition) is 5. The molecule has 0 radical (unpaired) electrons. The lowest BCUT2D eigenvalue weighted by molar-refractivity contribution is -0.133. The van der Waals surface area contributed by atoms with Gasteiger partial charge in [-0.15, -0.1) is 11.3 Å². The van der Waals surface area contributed by atoms with Gasteiger partial charge in [0.25, 0.3) is 0 Å². The fraction of sp³-hybridized carbons (Fsp3) is 0.471. The molecule has 0 spiro atoms. The van der Waals surface area contributed by atoms with Crippen LogP contribution in [-0.2, 0) is 11.2 Å². The molecule has 3 heterocycles. The molecule has 1 atom stereocenters. The van der Waals surface area contributed by atoms with Crippen LogP contribution in [0.15, 0.2) is 23.8 Å². The standard InChI is InChI=1S/C17H20FN3O2S/c1-12-6-8-24-15(12)4-5-16(22)21-7-2-3-14(11-21)23-17-19-9-13(18)10-20-17/h6,8-10,14H,2-5,7,11H2,1H3. The topological polar surface area (TPSA) is 55.3 Å². The Bertz CT molecular complexity index is 689. The third-order valence-corrected chi connectivity index (χ3v) is 5.22. The molecular formula is C17H20FN3O2S. The van der Waals surface area contributed by atoms with E-state index in [0.29, 0.717) is 13.0 Å². The summed E-state index contributed by atoms with van der Waals surface area (Å²) in [5, 5.41) is 2.06. The van der Waals surface area contributed by atoms with Crippen molar-refractivity contribution < 1.29 is 13.9 Å². The summed E-state index contributed by atoms with van der Waals surface area (Å²) in [7, 11) is 0. The monoisotopic (exact) mass is 349 g/mol. The Morgan fingerprint density at radius 3 is 2.96 bits per heavy atom. The third-order valence-electron chi connectivity index (χ3n) is 4.13. The number of piperidine rings is 1. The molecule has 7 heteroatoms. The van der Waals surface area contributed by atoms with Gasteiger partial charge in [-0.05, 0) is 43.2 Å². The van der Waals surface area contributed by atoms with Crippen LogP contribution in [0.4, 0.5) is 4.39 Å². The number of carbonyl (C=O) groups is 1. The van der Waals surface area contributed by atoms with Crippen LogP contribution in [0.25, 0.3) is 0 Å². The van der Waals surface area contributed by atoms with Gasteiger partial charge in [0.2, 0.25) is 5.91 Å². The number of aryl methyl sites for hydroxylation is 2. The Kier molecular flexibility index (Phi) is 5.40. The maximum Gasteiger partial charge on any atom is 0.316 e. The van der Waals surface area contributed by atoms with Crippen molar-refractivity contribution in [3.63, 3.8) is 0 Å². The molecular weight excluding hydrogens is 329 g/mol. The fourth-order valence-electron chi connectivity index (χ4n) is 2.81. The van der Waals surface area contributed by atoms with Crippen LogP contribution in [0.1, 0.15) is 29.7 Å². The van der Waals surface area contributed by atoms with Gasteiger partial charge in [-0.25, -0.2) is 14.4 Å². The van der Waals surface area contributed by atoms with Crippen molar-refractivity contribution in [1.82, 2.24) is 14.9 Å². The first kappa shape index (κ1) is 16.8. The number of aromatic nitrogens is 2. The van der Waals surface area contributed by atoms with Crippen molar-refractivity contribution >= 4 is 17.2 Å². The number of hydrogen-bond donors (Lipinski definition) is 0. The minimum atomic E-state index is -0.494. The SMILES string of the molecule is Cc1ccsc1CCC(=O)N1CCCC(Oc2ncc(F)cn2)C1. The molecule has 2 aromatic heterocycles. The number of rotatable bonds is 5. The third kappa shape index (κ3) is 4.29. The summed E-state index contributed by atoms with van der Waals surface area (Å²) in [6.07, 6.45) is 5.04. The molecule has 1 amide bonds. The zero-order valence-corrected chi connectivity index (χ0v) is 14.4. The van der Waals surface area contributed by atoms with Crippen molar-refractivity contribution in [2.75, 3.05) is 13.1 Å². The largest absolute Gasteiger partial charge is 0.458 e. The van der Waals surface area contributed by atoms with Gasteiger partial charge in [0.15, 0.2) is 5.82 Å². The smallest absolute Gasteiger partial charge is 0.316 e. The molecule has 0 aromatic carbocycles. The first-order valence-electron chi connectivity index (χ1n) is 8.07. The quantitative estimate of drug-likeness (QED) is 0.833. The molecule has 3 rings (SSSR count). The molecule has 0 aliphatic carbocycles. The zero-order chi connectivity index (χ0) is 16.9. The summed E-state index contributed by atoms with van der Waals surface area (Å²) in [6.45, 7) is 3.36. The van der Waals surface area contributed by atoms with Crippen LogP contribution in [0.2, 0.25) is 0 Å². The molecule has 1 fully saturated rings. The highest BCUT2D eigenvalue weighted by Gasteiger charge is 2.25. The summed E-state index contributed by atoms with van der Waals surface area (Å²) >= 11 is 1.70. The summed E-state index contributed by atoms with van der Waals surface area (Å²) in [6, 6.07) is 2.24. The maximum atomic E-state index is 12.8. The molecule has 1 aliphatic rings. The van der Waals surface area contributed by atoms with Gasteiger partial charge < -0.3 is 9.64 Å². The van der Waals surface area contributed by atoms with E-state index in [4.69, 9.17) is 4.74 Å². The molecule has 128 valence electrons. The van der Waals surface area contributed by atoms with Crippen molar-refractivity contribution in [3.8, 4) is 6.01 Å². The van der Waals surface area contributed by atoms with E-state index >= 15 is 0 Å². The number of thiophene rings is 1. The van der Waals surface area contributed by atoms with Crippen LogP contribution in [-0.4, -0.2) is 40.0 Å². The second kappa shape index (κ2) is 7.70. The van der Waals surface area contributed by atoms with E-state index in [9.17, 15) is 9.18 Å². The van der Waals surface area contributed by atoms with Crippen molar-refractivity contribution in [2.24, 2.45) is 0 Å². The molecule has 1 saturated heterocycles. The van der Waals surface area contributed by atoms with Crippen molar-refractivity contribution in [3.05, 3.63) is 40.1 Å². The van der Waals surface area contributed by atoms with E-state index in [1.165, 1.54) is 10.4 Å². The number of ether oxygens (including phenoxy) is 1. The molecule has 0 bridgehead atoms. The summed E-state index contributed by atoms with van der Waals surface area (Å²) < 4.78 is 18.5. The van der Waals surface area contributed by atoms with Gasteiger partial charge in [-0.2, -0.15) is 0 Å². The highest BCUT2D eigenvalue weighted by molar-refractivity contribution is 7.10. The van der Waals surface area contributed by atoms with Gasteiger partial charge in [-0.3, -0.25) is 4.79 Å². The number of amides is 1. The summed E-state index contributed by atoms with van der Waals surface area (Å²) in [5.74, 6) is -0.345. The predicted molar refractivity (Wildman–Crippen MR) is 89.6 cm³/mol. The van der Waals surface area contributed by atoms with Crippen LogP contribution in [0.5, 0.6) is 6.01 Å². The normalized spacial score (nSPS) is 17.8.